The molecule has 1 aliphatic heterocycles. The second-order valence-electron chi connectivity index (χ2n) is 9.06. The number of piperidine rings is 1. The van der Waals surface area contributed by atoms with Gasteiger partial charge in [0, 0.05) is 35.5 Å². The van der Waals surface area contributed by atoms with Crippen LogP contribution < -0.4 is 15.3 Å². The molecule has 0 spiro atoms. The molecule has 6 rings (SSSR count). The minimum atomic E-state index is -1.29. The van der Waals surface area contributed by atoms with E-state index in [2.05, 4.69) is 22.3 Å². The molecule has 7 heteroatoms. The number of hydrogen-bond acceptors (Lipinski definition) is 7. The number of carbonyl (C=O) groups excluding carboxylic acids is 2. The average Bonchev–Trinajstić information content (AvgIpc) is 3.29. The Morgan fingerprint density at radius 1 is 1.06 bits per heavy atom. The summed E-state index contributed by atoms with van der Waals surface area (Å²) >= 11 is 0. The van der Waals surface area contributed by atoms with Crippen molar-refractivity contribution < 1.29 is 19.2 Å². The average molecular weight is 452 g/mol. The van der Waals surface area contributed by atoms with Crippen LogP contribution in [0.1, 0.15) is 46.0 Å². The lowest BCUT2D eigenvalue weighted by Gasteiger charge is -2.33. The van der Waals surface area contributed by atoms with Gasteiger partial charge in [-0.1, -0.05) is 54.5 Å². The van der Waals surface area contributed by atoms with Gasteiger partial charge >= 0.3 is 0 Å². The van der Waals surface area contributed by atoms with E-state index in [0.717, 1.165) is 31.6 Å². The lowest BCUT2D eigenvalue weighted by atomic mass is 9.86. The molecule has 0 unspecified atom stereocenters. The molecule has 0 saturated carbocycles. The first kappa shape index (κ1) is 20.5. The third-order valence-corrected chi connectivity index (χ3v) is 6.92. The molecule has 1 N–H and O–H groups in total. The van der Waals surface area contributed by atoms with Gasteiger partial charge in [0.2, 0.25) is 0 Å². The first-order valence-corrected chi connectivity index (χ1v) is 11.5. The number of para-hydroxylation sites is 1. The number of anilines is 3. The summed E-state index contributed by atoms with van der Waals surface area (Å²) in [6, 6.07) is 15.8. The number of carbonyl (C=O) groups is 2. The number of carboxylic acid groups (broad SMARTS) is 1. The van der Waals surface area contributed by atoms with Crippen LogP contribution in [0.2, 0.25) is 0 Å². The number of benzene rings is 3. The van der Waals surface area contributed by atoms with Crippen LogP contribution in [0.15, 0.2) is 59.1 Å². The molecule has 34 heavy (non-hydrogen) atoms. The molecule has 0 radical (unpaired) electrons. The molecule has 0 atom stereocenters. The second kappa shape index (κ2) is 7.73. The van der Waals surface area contributed by atoms with Crippen molar-refractivity contribution in [3.8, 4) is 11.3 Å². The van der Waals surface area contributed by atoms with Crippen molar-refractivity contribution in [2.75, 3.05) is 23.3 Å². The van der Waals surface area contributed by atoms with Crippen molar-refractivity contribution in [3.63, 3.8) is 0 Å². The molecule has 170 valence electrons. The summed E-state index contributed by atoms with van der Waals surface area (Å²) in [7, 11) is 0. The number of carboxylic acids is 1. The predicted octanol–water partition coefficient (Wildman–Crippen LogP) is 4.38. The van der Waals surface area contributed by atoms with Crippen molar-refractivity contribution in [2.24, 2.45) is 5.92 Å². The molecule has 2 aliphatic rings. The van der Waals surface area contributed by atoms with E-state index in [0.29, 0.717) is 50.6 Å². The van der Waals surface area contributed by atoms with Crippen LogP contribution in [0.5, 0.6) is 0 Å². The number of rotatable bonds is 4. The minimum Gasteiger partial charge on any atom is -0.545 e. The summed E-state index contributed by atoms with van der Waals surface area (Å²) in [6.45, 7) is 4.00. The molecule has 0 amide bonds. The normalized spacial score (nSPS) is 15.4. The van der Waals surface area contributed by atoms with E-state index in [-0.39, 0.29) is 11.3 Å². The van der Waals surface area contributed by atoms with Gasteiger partial charge in [0.1, 0.15) is 5.52 Å². The summed E-state index contributed by atoms with van der Waals surface area (Å²) in [6.07, 6.45) is 2.12. The van der Waals surface area contributed by atoms with Crippen molar-refractivity contribution in [1.82, 2.24) is 5.16 Å². The summed E-state index contributed by atoms with van der Waals surface area (Å²) in [5.74, 6) is -0.226. The Morgan fingerprint density at radius 3 is 2.53 bits per heavy atom. The fourth-order valence-electron chi connectivity index (χ4n) is 5.05. The molecule has 0 bridgehead atoms. The first-order valence-electron chi connectivity index (χ1n) is 11.5. The standard InChI is InChI=1S/C27H23N3O4/c1-15-10-12-30(13-11-15)21-14-20(28-19-9-5-4-8-18(19)27(32)33)22-23-24(21)29-34-26(23)17-7-3-2-6-16(17)25(22)31/h2-9,14-15,28H,10-13H2,1H3,(H,32,33)/p-1. The largest absolute Gasteiger partial charge is 0.545 e. The number of hydrogen-bond donors (Lipinski definition) is 1. The number of fused-ring (bicyclic) bond motifs is 2. The zero-order valence-corrected chi connectivity index (χ0v) is 18.6. The van der Waals surface area contributed by atoms with Crippen LogP contribution in [0.25, 0.3) is 22.2 Å². The molecule has 1 aromatic heterocycles. The van der Waals surface area contributed by atoms with E-state index in [9.17, 15) is 14.7 Å². The Morgan fingerprint density at radius 2 is 1.76 bits per heavy atom. The van der Waals surface area contributed by atoms with E-state index < -0.39 is 5.97 Å². The Kier molecular flexibility index (Phi) is 4.65. The maximum atomic E-state index is 13.7. The van der Waals surface area contributed by atoms with Crippen LogP contribution in [0, 0.1) is 5.92 Å². The number of nitrogens with one attached hydrogen (secondary N) is 1. The van der Waals surface area contributed by atoms with E-state index in [1.807, 2.05) is 24.3 Å². The molecule has 4 aromatic rings. The quantitative estimate of drug-likeness (QED) is 0.432. The third kappa shape index (κ3) is 3.08. The number of aromatic carboxylic acids is 1. The Labute approximate surface area is 196 Å². The van der Waals surface area contributed by atoms with Gasteiger partial charge in [-0.15, -0.1) is 0 Å². The van der Waals surface area contributed by atoms with Gasteiger partial charge in [-0.25, -0.2) is 0 Å². The van der Waals surface area contributed by atoms with Gasteiger partial charge < -0.3 is 24.6 Å². The van der Waals surface area contributed by atoms with Gasteiger partial charge in [-0.2, -0.15) is 0 Å². The topological polar surface area (TPSA) is 98.5 Å². The van der Waals surface area contributed by atoms with E-state index in [1.54, 1.807) is 24.3 Å². The lowest BCUT2D eigenvalue weighted by molar-refractivity contribution is -0.254. The fraction of sp³-hybridized carbons (Fsp3) is 0.222. The maximum Gasteiger partial charge on any atom is 0.196 e. The highest BCUT2D eigenvalue weighted by atomic mass is 16.5. The molecule has 2 heterocycles. The Hall–Kier alpha value is -4.13. The summed E-state index contributed by atoms with van der Waals surface area (Å²) < 4.78 is 5.83. The Bertz CT molecular complexity index is 1460. The number of aromatic nitrogens is 1. The van der Waals surface area contributed by atoms with Crippen molar-refractivity contribution in [3.05, 3.63) is 71.3 Å². The molecule has 1 aliphatic carbocycles. The van der Waals surface area contributed by atoms with Gasteiger partial charge in [0.25, 0.3) is 0 Å². The third-order valence-electron chi connectivity index (χ3n) is 6.92. The van der Waals surface area contributed by atoms with Crippen LogP contribution in [-0.2, 0) is 0 Å². The summed E-state index contributed by atoms with van der Waals surface area (Å²) in [4.78, 5) is 27.7. The summed E-state index contributed by atoms with van der Waals surface area (Å²) in [5, 5.41) is 20.0. The smallest absolute Gasteiger partial charge is 0.196 e. The molecule has 1 fully saturated rings. The van der Waals surface area contributed by atoms with Gasteiger partial charge in [0.05, 0.1) is 28.3 Å². The van der Waals surface area contributed by atoms with Crippen LogP contribution in [-0.4, -0.2) is 30.0 Å². The first-order chi connectivity index (χ1) is 16.5. The van der Waals surface area contributed by atoms with Gasteiger partial charge in [-0.3, -0.25) is 4.79 Å². The monoisotopic (exact) mass is 452 g/mol. The van der Waals surface area contributed by atoms with Crippen molar-refractivity contribution in [1.29, 1.82) is 0 Å². The van der Waals surface area contributed by atoms with E-state index in [1.165, 1.54) is 6.07 Å². The molecular weight excluding hydrogens is 430 g/mol. The highest BCUT2D eigenvalue weighted by Crippen LogP contribution is 2.46. The minimum absolute atomic E-state index is 0.0253. The predicted molar refractivity (Wildman–Crippen MR) is 128 cm³/mol. The van der Waals surface area contributed by atoms with Crippen LogP contribution >= 0.6 is 0 Å². The number of ketones is 1. The van der Waals surface area contributed by atoms with Crippen molar-refractivity contribution in [2.45, 2.75) is 19.8 Å². The lowest BCUT2D eigenvalue weighted by Crippen LogP contribution is -2.33. The zero-order valence-electron chi connectivity index (χ0n) is 18.6. The molecular formula is C27H22N3O4-. The van der Waals surface area contributed by atoms with Gasteiger partial charge in [-0.05, 0) is 30.9 Å². The van der Waals surface area contributed by atoms with Crippen molar-refractivity contribution >= 4 is 39.7 Å². The molecule has 3 aromatic carbocycles. The fourth-order valence-corrected chi connectivity index (χ4v) is 5.05. The molecule has 7 nitrogen and oxygen atoms in total. The van der Waals surface area contributed by atoms with E-state index in [4.69, 9.17) is 4.52 Å². The molecule has 1 saturated heterocycles. The zero-order chi connectivity index (χ0) is 23.4. The maximum absolute atomic E-state index is 13.7. The highest BCUT2D eigenvalue weighted by molar-refractivity contribution is 6.29. The van der Waals surface area contributed by atoms with Crippen LogP contribution in [0.3, 0.4) is 0 Å². The van der Waals surface area contributed by atoms with E-state index >= 15 is 0 Å². The Balaban J connectivity index is 1.60. The second-order valence-corrected chi connectivity index (χ2v) is 9.06. The SMILES string of the molecule is CC1CCN(c2cc(Nc3ccccc3C(=O)[O-])c3c4c(onc24)-c2ccccc2C3=O)CC1. The number of nitrogens with zero attached hydrogens (tertiary/aromatic N) is 2. The van der Waals surface area contributed by atoms with Crippen LogP contribution in [0.4, 0.5) is 17.1 Å². The highest BCUT2D eigenvalue weighted by Gasteiger charge is 2.34. The van der Waals surface area contributed by atoms with Gasteiger partial charge in [0.15, 0.2) is 11.5 Å². The summed E-state index contributed by atoms with van der Waals surface area (Å²) in [5.41, 5.74) is 4.13.